The molecule has 154 valence electrons. The van der Waals surface area contributed by atoms with Gasteiger partial charge >= 0.3 is 0 Å². The van der Waals surface area contributed by atoms with Crippen LogP contribution < -0.4 is 5.56 Å². The second-order valence-electron chi connectivity index (χ2n) is 7.15. The first kappa shape index (κ1) is 19.1. The van der Waals surface area contributed by atoms with Crippen LogP contribution in [0.3, 0.4) is 0 Å². The molecule has 0 atom stereocenters. The largest absolute Gasteiger partial charge is 0.300 e. The van der Waals surface area contributed by atoms with Crippen LogP contribution in [0.15, 0.2) is 88.0 Å². The number of aromatic nitrogens is 5. The van der Waals surface area contributed by atoms with Crippen LogP contribution >= 0.6 is 23.1 Å². The predicted octanol–water partition coefficient (Wildman–Crippen LogP) is 5.21. The second kappa shape index (κ2) is 7.81. The van der Waals surface area contributed by atoms with Crippen LogP contribution in [0.1, 0.15) is 5.82 Å². The fourth-order valence-electron chi connectivity index (χ4n) is 3.60. The van der Waals surface area contributed by atoms with Gasteiger partial charge in [-0.3, -0.25) is 4.79 Å². The van der Waals surface area contributed by atoms with E-state index < -0.39 is 0 Å². The number of rotatable bonds is 4. The summed E-state index contributed by atoms with van der Waals surface area (Å²) in [4.78, 5) is 26.8. The summed E-state index contributed by atoms with van der Waals surface area (Å²) >= 11 is 3.26. The highest BCUT2D eigenvalue weighted by atomic mass is 32.2. The fourth-order valence-corrected chi connectivity index (χ4v) is 5.58. The SMILES string of the molecule is O=c1nc2c3ccccc3nc(CSc3nc4ccccc4s3)n2nc1-c1ccccc1. The molecule has 3 heterocycles. The van der Waals surface area contributed by atoms with E-state index in [1.807, 2.05) is 72.8 Å². The van der Waals surface area contributed by atoms with Gasteiger partial charge in [0, 0.05) is 10.9 Å². The average molecular weight is 454 g/mol. The molecule has 8 heteroatoms. The predicted molar refractivity (Wildman–Crippen MR) is 129 cm³/mol. The Labute approximate surface area is 190 Å². The third kappa shape index (κ3) is 3.34. The second-order valence-corrected chi connectivity index (χ2v) is 9.40. The lowest BCUT2D eigenvalue weighted by atomic mass is 10.2. The Hall–Kier alpha value is -3.62. The van der Waals surface area contributed by atoms with Gasteiger partial charge in [0.1, 0.15) is 5.82 Å². The molecule has 0 aliphatic carbocycles. The van der Waals surface area contributed by atoms with Crippen LogP contribution in [0.25, 0.3) is 38.0 Å². The van der Waals surface area contributed by atoms with E-state index in [4.69, 9.17) is 15.1 Å². The van der Waals surface area contributed by atoms with Gasteiger partial charge in [-0.1, -0.05) is 66.4 Å². The van der Waals surface area contributed by atoms with E-state index in [9.17, 15) is 4.79 Å². The molecule has 0 aliphatic heterocycles. The standard InChI is InChI=1S/C24H15N5OS2/c30-23-21(15-8-2-1-3-9-15)28-29-20(25-17-11-5-4-10-16(17)22(29)27-23)14-31-24-26-18-12-6-7-13-19(18)32-24/h1-13H,14H2. The zero-order valence-electron chi connectivity index (χ0n) is 16.7. The maximum atomic E-state index is 12.8. The minimum absolute atomic E-state index is 0.311. The van der Waals surface area contributed by atoms with E-state index in [0.29, 0.717) is 22.9 Å². The van der Waals surface area contributed by atoms with Gasteiger partial charge in [0.25, 0.3) is 5.56 Å². The third-order valence-electron chi connectivity index (χ3n) is 5.10. The van der Waals surface area contributed by atoms with Gasteiger partial charge in [0.2, 0.25) is 0 Å². The first-order valence-corrected chi connectivity index (χ1v) is 11.8. The lowest BCUT2D eigenvalue weighted by Crippen LogP contribution is -2.18. The zero-order valence-corrected chi connectivity index (χ0v) is 18.3. The van der Waals surface area contributed by atoms with E-state index in [1.54, 1.807) is 27.6 Å². The number of thiazole rings is 1. The number of hydrogen-bond acceptors (Lipinski definition) is 7. The van der Waals surface area contributed by atoms with Crippen molar-refractivity contribution in [2.45, 2.75) is 10.1 Å². The molecule has 0 N–H and O–H groups in total. The number of thioether (sulfide) groups is 1. The van der Waals surface area contributed by atoms with Crippen LogP contribution in [0.5, 0.6) is 0 Å². The van der Waals surface area contributed by atoms with Gasteiger partial charge in [-0.15, -0.1) is 11.3 Å². The Morgan fingerprint density at radius 2 is 1.56 bits per heavy atom. The topological polar surface area (TPSA) is 73.0 Å². The molecule has 0 unspecified atom stereocenters. The van der Waals surface area contributed by atoms with Gasteiger partial charge in [-0.25, -0.2) is 9.97 Å². The fraction of sp³-hybridized carbons (Fsp3) is 0.0417. The van der Waals surface area contributed by atoms with Crippen molar-refractivity contribution in [3.63, 3.8) is 0 Å². The molecule has 0 fully saturated rings. The maximum Gasteiger partial charge on any atom is 0.300 e. The molecule has 0 saturated heterocycles. The molecule has 6 nitrogen and oxygen atoms in total. The van der Waals surface area contributed by atoms with Crippen LogP contribution in [0, 0.1) is 0 Å². The molecular formula is C24H15N5OS2. The monoisotopic (exact) mass is 453 g/mol. The van der Waals surface area contributed by atoms with Crippen LogP contribution in [0.2, 0.25) is 0 Å². The van der Waals surface area contributed by atoms with Gasteiger partial charge in [-0.05, 0) is 24.3 Å². The van der Waals surface area contributed by atoms with Crippen molar-refractivity contribution in [1.82, 2.24) is 24.6 Å². The molecule has 6 rings (SSSR count). The van der Waals surface area contributed by atoms with Crippen LogP contribution in [-0.2, 0) is 5.75 Å². The number of benzene rings is 3. The summed E-state index contributed by atoms with van der Waals surface area (Å²) in [6, 6.07) is 25.2. The smallest absolute Gasteiger partial charge is 0.265 e. The molecule has 0 radical (unpaired) electrons. The van der Waals surface area contributed by atoms with Gasteiger partial charge in [0.05, 0.1) is 21.5 Å². The van der Waals surface area contributed by atoms with Crippen molar-refractivity contribution in [1.29, 1.82) is 0 Å². The van der Waals surface area contributed by atoms with Crippen LogP contribution in [-0.4, -0.2) is 24.6 Å². The number of nitrogens with zero attached hydrogens (tertiary/aromatic N) is 5. The number of hydrogen-bond donors (Lipinski definition) is 0. The lowest BCUT2D eigenvalue weighted by Gasteiger charge is -2.10. The molecule has 0 amide bonds. The summed E-state index contributed by atoms with van der Waals surface area (Å²) in [5, 5.41) is 5.50. The quantitative estimate of drug-likeness (QED) is 0.270. The molecule has 0 aliphatic rings. The molecule has 0 bridgehead atoms. The number of fused-ring (bicyclic) bond motifs is 4. The van der Waals surface area contributed by atoms with Gasteiger partial charge in [-0.2, -0.15) is 14.6 Å². The molecular weight excluding hydrogens is 438 g/mol. The molecule has 0 saturated carbocycles. The third-order valence-corrected chi connectivity index (χ3v) is 7.27. The number of para-hydroxylation sites is 2. The highest BCUT2D eigenvalue weighted by molar-refractivity contribution is 8.00. The summed E-state index contributed by atoms with van der Waals surface area (Å²) in [5.41, 5.74) is 2.99. The van der Waals surface area contributed by atoms with Crippen molar-refractivity contribution in [2.24, 2.45) is 0 Å². The Morgan fingerprint density at radius 1 is 0.812 bits per heavy atom. The molecule has 3 aromatic heterocycles. The average Bonchev–Trinajstić information content (AvgIpc) is 3.26. The van der Waals surface area contributed by atoms with E-state index in [1.165, 1.54) is 0 Å². The van der Waals surface area contributed by atoms with E-state index >= 15 is 0 Å². The normalized spacial score (nSPS) is 11.5. The minimum Gasteiger partial charge on any atom is -0.265 e. The molecule has 3 aromatic carbocycles. The van der Waals surface area contributed by atoms with Crippen molar-refractivity contribution in [3.8, 4) is 11.3 Å². The van der Waals surface area contributed by atoms with Crippen molar-refractivity contribution >= 4 is 49.9 Å². The zero-order chi connectivity index (χ0) is 21.5. The summed E-state index contributed by atoms with van der Waals surface area (Å²) in [7, 11) is 0. The lowest BCUT2D eigenvalue weighted by molar-refractivity contribution is 0.821. The van der Waals surface area contributed by atoms with E-state index in [2.05, 4.69) is 11.1 Å². The Kier molecular flexibility index (Phi) is 4.66. The summed E-state index contributed by atoms with van der Waals surface area (Å²) in [6.07, 6.45) is 0. The Morgan fingerprint density at radius 3 is 2.41 bits per heavy atom. The van der Waals surface area contributed by atoms with Crippen molar-refractivity contribution in [3.05, 3.63) is 95.0 Å². The first-order chi connectivity index (χ1) is 15.8. The summed E-state index contributed by atoms with van der Waals surface area (Å²) < 4.78 is 3.82. The molecule has 0 spiro atoms. The molecule has 6 aromatic rings. The highest BCUT2D eigenvalue weighted by Gasteiger charge is 2.15. The Balaban J connectivity index is 1.50. The Bertz CT molecular complexity index is 1630. The van der Waals surface area contributed by atoms with Crippen molar-refractivity contribution in [2.75, 3.05) is 0 Å². The van der Waals surface area contributed by atoms with Gasteiger partial charge < -0.3 is 0 Å². The van der Waals surface area contributed by atoms with Crippen molar-refractivity contribution < 1.29 is 0 Å². The van der Waals surface area contributed by atoms with E-state index in [0.717, 1.165) is 31.0 Å². The molecule has 32 heavy (non-hydrogen) atoms. The van der Waals surface area contributed by atoms with Gasteiger partial charge in [0.15, 0.2) is 15.7 Å². The summed E-state index contributed by atoms with van der Waals surface area (Å²) in [6.45, 7) is 0. The van der Waals surface area contributed by atoms with Crippen LogP contribution in [0.4, 0.5) is 0 Å². The van der Waals surface area contributed by atoms with E-state index in [-0.39, 0.29) is 5.56 Å². The first-order valence-electron chi connectivity index (χ1n) is 9.99. The highest BCUT2D eigenvalue weighted by Crippen LogP contribution is 2.31. The maximum absolute atomic E-state index is 12.8. The summed E-state index contributed by atoms with van der Waals surface area (Å²) in [5.74, 6) is 1.26. The minimum atomic E-state index is -0.350.